The highest BCUT2D eigenvalue weighted by molar-refractivity contribution is 14.0. The number of carbonyl (C=O) groups is 1. The first-order valence-corrected chi connectivity index (χ1v) is 10.9. The van der Waals surface area contributed by atoms with E-state index in [1.807, 2.05) is 4.90 Å². The van der Waals surface area contributed by atoms with Crippen molar-refractivity contribution in [2.45, 2.75) is 38.1 Å². The van der Waals surface area contributed by atoms with Crippen LogP contribution < -0.4 is 21.3 Å². The molecule has 1 aromatic heterocycles. The lowest BCUT2D eigenvalue weighted by molar-refractivity contribution is -0.123. The number of nitrogens with one attached hydrogen (secondary N) is 2. The van der Waals surface area contributed by atoms with Crippen molar-refractivity contribution in [3.8, 4) is 0 Å². The summed E-state index contributed by atoms with van der Waals surface area (Å²) in [6.07, 6.45) is 6.45. The van der Waals surface area contributed by atoms with Crippen LogP contribution in [-0.4, -0.2) is 74.1 Å². The van der Waals surface area contributed by atoms with Crippen molar-refractivity contribution >= 4 is 41.7 Å². The molecule has 0 aromatic carbocycles. The van der Waals surface area contributed by atoms with Crippen molar-refractivity contribution in [2.75, 3.05) is 51.2 Å². The summed E-state index contributed by atoms with van der Waals surface area (Å²) in [6.45, 7) is 5.29. The Bertz CT molecular complexity index is 727. The molecule has 0 saturated carbocycles. The maximum absolute atomic E-state index is 13.9. The number of unbranched alkanes of at least 4 members (excludes halogenated alkanes) is 1. The van der Waals surface area contributed by atoms with E-state index in [0.29, 0.717) is 12.4 Å². The molecular weight excluding hydrogens is 512 g/mol. The van der Waals surface area contributed by atoms with Gasteiger partial charge in [0.2, 0.25) is 5.91 Å². The van der Waals surface area contributed by atoms with Crippen LogP contribution in [0.3, 0.4) is 0 Å². The molecule has 1 unspecified atom stereocenters. The number of primary amides is 1. The summed E-state index contributed by atoms with van der Waals surface area (Å²) in [5.74, 6) is 0.820. The second-order valence-corrected chi connectivity index (χ2v) is 8.11. The van der Waals surface area contributed by atoms with E-state index >= 15 is 0 Å². The predicted molar refractivity (Wildman–Crippen MR) is 132 cm³/mol. The van der Waals surface area contributed by atoms with Gasteiger partial charge in [0.15, 0.2) is 17.6 Å². The molecule has 1 amide bonds. The Kier molecular flexibility index (Phi) is 10.7. The number of halogens is 2. The lowest BCUT2D eigenvalue weighted by atomic mass is 9.96. The minimum absolute atomic E-state index is 0. The number of hydrogen-bond acceptors (Lipinski definition) is 5. The Hall–Kier alpha value is -1.69. The first-order valence-electron chi connectivity index (χ1n) is 10.9. The fraction of sp³-hybridized carbons (Fsp3) is 0.667. The van der Waals surface area contributed by atoms with Gasteiger partial charge >= 0.3 is 0 Å². The van der Waals surface area contributed by atoms with Gasteiger partial charge in [-0.3, -0.25) is 9.79 Å². The second kappa shape index (κ2) is 13.0. The summed E-state index contributed by atoms with van der Waals surface area (Å²) < 4.78 is 13.9. The molecule has 0 radical (unpaired) electrons. The Morgan fingerprint density at radius 2 is 2.06 bits per heavy atom. The number of guanidine groups is 1. The highest BCUT2D eigenvalue weighted by atomic mass is 127. The van der Waals surface area contributed by atoms with Crippen LogP contribution in [-0.2, 0) is 4.79 Å². The van der Waals surface area contributed by atoms with Gasteiger partial charge in [0.05, 0.1) is 0 Å². The molecule has 0 aliphatic carbocycles. The number of anilines is 1. The maximum Gasteiger partial charge on any atom is 0.220 e. The number of aliphatic imine (C=N–C) groups is 1. The van der Waals surface area contributed by atoms with E-state index in [1.165, 1.54) is 6.07 Å². The number of aromatic nitrogens is 1. The van der Waals surface area contributed by atoms with Gasteiger partial charge in [-0.1, -0.05) is 0 Å². The molecule has 3 rings (SSSR count). The van der Waals surface area contributed by atoms with Crippen molar-refractivity contribution in [2.24, 2.45) is 16.6 Å². The normalized spacial score (nSPS) is 20.4. The van der Waals surface area contributed by atoms with Crippen molar-refractivity contribution < 1.29 is 9.18 Å². The zero-order valence-electron chi connectivity index (χ0n) is 18.2. The number of nitrogens with two attached hydrogens (primary N) is 1. The van der Waals surface area contributed by atoms with Crippen molar-refractivity contribution in [3.63, 3.8) is 0 Å². The van der Waals surface area contributed by atoms with Crippen molar-refractivity contribution in [1.82, 2.24) is 20.5 Å². The van der Waals surface area contributed by atoms with E-state index in [-0.39, 0.29) is 47.7 Å². The van der Waals surface area contributed by atoms with Gasteiger partial charge < -0.3 is 26.2 Å². The summed E-state index contributed by atoms with van der Waals surface area (Å²) in [7, 11) is 1.77. The third-order valence-corrected chi connectivity index (χ3v) is 5.97. The number of likely N-dealkylation sites (tertiary alicyclic amines) is 1. The van der Waals surface area contributed by atoms with E-state index in [4.69, 9.17) is 5.73 Å². The molecule has 2 aliphatic rings. The summed E-state index contributed by atoms with van der Waals surface area (Å²) in [4.78, 5) is 24.1. The van der Waals surface area contributed by atoms with Crippen LogP contribution in [0.25, 0.3) is 0 Å². The summed E-state index contributed by atoms with van der Waals surface area (Å²) in [6, 6.07) is 3.27. The van der Waals surface area contributed by atoms with Crippen LogP contribution in [0, 0.1) is 11.7 Å². The molecule has 4 N–H and O–H groups in total. The topological polar surface area (TPSA) is 98.9 Å². The third-order valence-electron chi connectivity index (χ3n) is 5.97. The fourth-order valence-corrected chi connectivity index (χ4v) is 4.18. The highest BCUT2D eigenvalue weighted by Crippen LogP contribution is 2.20. The number of amides is 1. The molecule has 0 spiro atoms. The van der Waals surface area contributed by atoms with Crippen LogP contribution in [0.2, 0.25) is 0 Å². The third kappa shape index (κ3) is 7.74. The number of piperidine rings is 1. The van der Waals surface area contributed by atoms with Crippen LogP contribution >= 0.6 is 24.0 Å². The van der Waals surface area contributed by atoms with Crippen LogP contribution in [0.5, 0.6) is 0 Å². The van der Waals surface area contributed by atoms with Gasteiger partial charge in [0, 0.05) is 44.8 Å². The lowest BCUT2D eigenvalue weighted by Crippen LogP contribution is -2.45. The SMILES string of the molecule is CN=C(NCCCCN1CCC(C(N)=O)CC1)NC1CCN(c2ncccc2F)C1.I. The van der Waals surface area contributed by atoms with Crippen molar-refractivity contribution in [1.29, 1.82) is 0 Å². The van der Waals surface area contributed by atoms with E-state index in [1.54, 1.807) is 19.3 Å². The van der Waals surface area contributed by atoms with Gasteiger partial charge in [-0.15, -0.1) is 24.0 Å². The zero-order valence-corrected chi connectivity index (χ0v) is 20.6. The molecule has 3 heterocycles. The quantitative estimate of drug-likeness (QED) is 0.198. The summed E-state index contributed by atoms with van der Waals surface area (Å²) in [5, 5.41) is 6.81. The average molecular weight is 547 g/mol. The van der Waals surface area contributed by atoms with Gasteiger partial charge in [0.25, 0.3) is 0 Å². The summed E-state index contributed by atoms with van der Waals surface area (Å²) >= 11 is 0. The minimum atomic E-state index is -0.278. The maximum atomic E-state index is 13.9. The largest absolute Gasteiger partial charge is 0.369 e. The standard InChI is InChI=1S/C21H34FN7O.HI/c1-24-21(26-9-2-3-11-28-12-6-16(7-13-28)19(23)30)27-17-8-14-29(15-17)20-18(22)5-4-10-25-20;/h4-5,10,16-17H,2-3,6-9,11-15H2,1H3,(H2,23,30)(H2,24,26,27);1H. The molecule has 1 aromatic rings. The van der Waals surface area contributed by atoms with E-state index in [9.17, 15) is 9.18 Å². The van der Waals surface area contributed by atoms with Crippen molar-refractivity contribution in [3.05, 3.63) is 24.1 Å². The number of pyridine rings is 1. The molecule has 10 heteroatoms. The average Bonchev–Trinajstić information content (AvgIpc) is 3.21. The second-order valence-electron chi connectivity index (χ2n) is 8.11. The van der Waals surface area contributed by atoms with Crippen LogP contribution in [0.15, 0.2) is 23.3 Å². The van der Waals surface area contributed by atoms with Gasteiger partial charge in [-0.05, 0) is 63.9 Å². The molecule has 8 nitrogen and oxygen atoms in total. The zero-order chi connectivity index (χ0) is 21.3. The van der Waals surface area contributed by atoms with E-state index in [2.05, 4.69) is 25.5 Å². The molecule has 31 heavy (non-hydrogen) atoms. The summed E-state index contributed by atoms with van der Waals surface area (Å²) in [5.41, 5.74) is 5.39. The Balaban J connectivity index is 0.00000341. The number of nitrogens with zero attached hydrogens (tertiary/aromatic N) is 4. The van der Waals surface area contributed by atoms with E-state index < -0.39 is 0 Å². The number of hydrogen-bond donors (Lipinski definition) is 3. The van der Waals surface area contributed by atoms with E-state index in [0.717, 1.165) is 70.8 Å². The Labute approximate surface area is 201 Å². The lowest BCUT2D eigenvalue weighted by Gasteiger charge is -2.30. The van der Waals surface area contributed by atoms with Crippen LogP contribution in [0.4, 0.5) is 10.2 Å². The molecule has 2 fully saturated rings. The molecular formula is C21H35FIN7O. The fourth-order valence-electron chi connectivity index (χ4n) is 4.18. The van der Waals surface area contributed by atoms with Crippen LogP contribution in [0.1, 0.15) is 32.1 Å². The molecule has 0 bridgehead atoms. The van der Waals surface area contributed by atoms with Gasteiger partial charge in [-0.25, -0.2) is 9.37 Å². The molecule has 2 saturated heterocycles. The molecule has 1 atom stereocenters. The number of carbonyl (C=O) groups excluding carboxylic acids is 1. The molecule has 2 aliphatic heterocycles. The van der Waals surface area contributed by atoms with Gasteiger partial charge in [0.1, 0.15) is 0 Å². The number of rotatable bonds is 8. The first kappa shape index (κ1) is 25.6. The minimum Gasteiger partial charge on any atom is -0.369 e. The monoisotopic (exact) mass is 547 g/mol. The predicted octanol–water partition coefficient (Wildman–Crippen LogP) is 1.56. The molecule has 174 valence electrons. The Morgan fingerprint density at radius 3 is 2.74 bits per heavy atom. The van der Waals surface area contributed by atoms with Gasteiger partial charge in [-0.2, -0.15) is 0 Å². The Morgan fingerprint density at radius 1 is 1.29 bits per heavy atom. The first-order chi connectivity index (χ1) is 14.6. The smallest absolute Gasteiger partial charge is 0.220 e. The highest BCUT2D eigenvalue weighted by Gasteiger charge is 2.26.